The molecular formula is C22H43O19P. The number of ether oxygens (including phenoxy) is 6. The van der Waals surface area contributed by atoms with Crippen LogP contribution in [0.5, 0.6) is 0 Å². The number of hydrogen-bond acceptors (Lipinski definition) is 19. The third-order valence-corrected chi connectivity index (χ3v) is 7.45. The highest BCUT2D eigenvalue weighted by atomic mass is 31.2. The van der Waals surface area contributed by atoms with Crippen LogP contribution in [0.1, 0.15) is 0 Å². The van der Waals surface area contributed by atoms with Gasteiger partial charge in [0.1, 0.15) is 73.2 Å². The fourth-order valence-corrected chi connectivity index (χ4v) is 4.97. The molecule has 42 heavy (non-hydrogen) atoms. The molecule has 0 spiro atoms. The molecule has 15 unspecified atom stereocenters. The summed E-state index contributed by atoms with van der Waals surface area (Å²) in [6, 6.07) is 0. The average Bonchev–Trinajstić information content (AvgIpc) is 3.50. The lowest BCUT2D eigenvalue weighted by Gasteiger charge is -2.27. The van der Waals surface area contributed by atoms with E-state index in [1.165, 1.54) is 14.2 Å². The number of aliphatic hydroxyl groups is 10. The van der Waals surface area contributed by atoms with Gasteiger partial charge in [0.25, 0.3) is 0 Å². The SMILES string of the molecule is COC1C(OCC(O)C(O)C(O)COP(O)OC2C(CO)OC(OCC(O)C(O)C(O)CO)C2OC)OC(CO)C1O. The number of rotatable bonds is 20. The van der Waals surface area contributed by atoms with E-state index in [2.05, 4.69) is 0 Å². The highest BCUT2D eigenvalue weighted by Crippen LogP contribution is 2.40. The van der Waals surface area contributed by atoms with Gasteiger partial charge in [0, 0.05) is 14.2 Å². The number of hydrogen-bond donors (Lipinski definition) is 11. The Morgan fingerprint density at radius 3 is 1.64 bits per heavy atom. The van der Waals surface area contributed by atoms with Crippen molar-refractivity contribution in [2.75, 3.05) is 53.9 Å². The summed E-state index contributed by atoms with van der Waals surface area (Å²) >= 11 is 0. The molecule has 2 aliphatic heterocycles. The summed E-state index contributed by atoms with van der Waals surface area (Å²) in [6.07, 6.45) is -19.2. The summed E-state index contributed by atoms with van der Waals surface area (Å²) in [5.74, 6) is 0. The van der Waals surface area contributed by atoms with Gasteiger partial charge in [0.05, 0.1) is 39.6 Å². The monoisotopic (exact) mass is 642 g/mol. The van der Waals surface area contributed by atoms with E-state index in [1.54, 1.807) is 0 Å². The Kier molecular flexibility index (Phi) is 16.8. The van der Waals surface area contributed by atoms with Crippen LogP contribution in [0.25, 0.3) is 0 Å². The minimum absolute atomic E-state index is 0.511. The topological polar surface area (TPSA) is 296 Å². The summed E-state index contributed by atoms with van der Waals surface area (Å²) in [5.41, 5.74) is 0. The maximum atomic E-state index is 10.3. The summed E-state index contributed by atoms with van der Waals surface area (Å²) in [6.45, 7) is -3.81. The second-order valence-electron chi connectivity index (χ2n) is 9.55. The van der Waals surface area contributed by atoms with Crippen LogP contribution >= 0.6 is 8.60 Å². The van der Waals surface area contributed by atoms with Crippen LogP contribution in [0.15, 0.2) is 0 Å². The molecule has 250 valence electrons. The highest BCUT2D eigenvalue weighted by molar-refractivity contribution is 7.40. The van der Waals surface area contributed by atoms with Gasteiger partial charge in [-0.25, -0.2) is 0 Å². The van der Waals surface area contributed by atoms with E-state index in [0.717, 1.165) is 0 Å². The zero-order valence-electron chi connectivity index (χ0n) is 23.0. The van der Waals surface area contributed by atoms with E-state index in [4.69, 9.17) is 42.6 Å². The first-order valence-corrected chi connectivity index (χ1v) is 14.0. The van der Waals surface area contributed by atoms with E-state index in [-0.39, 0.29) is 0 Å². The molecule has 11 N–H and O–H groups in total. The molecule has 0 aromatic rings. The third kappa shape index (κ3) is 10.1. The van der Waals surface area contributed by atoms with Gasteiger partial charge < -0.3 is 93.4 Å². The summed E-state index contributed by atoms with van der Waals surface area (Å²) in [5, 5.41) is 97.6. The quantitative estimate of drug-likeness (QED) is 0.0550. The predicted octanol–water partition coefficient (Wildman–Crippen LogP) is -6.38. The standard InChI is InChI=1S/C22H43O19P/c1-34-19-17(32)13(4-24)39-21(19)36-7-11(28)16(31)12(29)8-38-42(33)41-18-14(5-25)40-22(20(18)35-2)37-6-10(27)15(30)9(26)3-23/h9-33H,3-8H2,1-2H3. The molecule has 0 saturated carbocycles. The lowest BCUT2D eigenvalue weighted by molar-refractivity contribution is -0.198. The molecule has 0 amide bonds. The molecule has 2 fully saturated rings. The second-order valence-corrected chi connectivity index (χ2v) is 10.5. The van der Waals surface area contributed by atoms with E-state index >= 15 is 0 Å². The normalized spacial score (nSPS) is 35.1. The third-order valence-electron chi connectivity index (χ3n) is 6.66. The molecule has 2 rings (SSSR count). The van der Waals surface area contributed by atoms with Crippen LogP contribution in [0, 0.1) is 0 Å². The Bertz CT molecular complexity index is 742. The highest BCUT2D eigenvalue weighted by Gasteiger charge is 2.48. The van der Waals surface area contributed by atoms with Gasteiger partial charge in [-0.1, -0.05) is 0 Å². The molecule has 2 heterocycles. The van der Waals surface area contributed by atoms with E-state index in [1.807, 2.05) is 0 Å². The zero-order chi connectivity index (χ0) is 31.6. The molecule has 0 aliphatic carbocycles. The Hall–Kier alpha value is -0.330. The van der Waals surface area contributed by atoms with Crippen LogP contribution in [-0.4, -0.2) is 196 Å². The van der Waals surface area contributed by atoms with Crippen molar-refractivity contribution in [1.82, 2.24) is 0 Å². The molecule has 15 atom stereocenters. The Morgan fingerprint density at radius 2 is 1.14 bits per heavy atom. The first-order valence-electron chi connectivity index (χ1n) is 12.9. The van der Waals surface area contributed by atoms with Crippen molar-refractivity contribution in [2.24, 2.45) is 0 Å². The van der Waals surface area contributed by atoms with Crippen molar-refractivity contribution in [3.8, 4) is 0 Å². The van der Waals surface area contributed by atoms with Gasteiger partial charge in [-0.05, 0) is 0 Å². The summed E-state index contributed by atoms with van der Waals surface area (Å²) in [4.78, 5) is 10.3. The Morgan fingerprint density at radius 1 is 0.667 bits per heavy atom. The maximum absolute atomic E-state index is 10.3. The van der Waals surface area contributed by atoms with Crippen LogP contribution < -0.4 is 0 Å². The number of aliphatic hydroxyl groups excluding tert-OH is 10. The van der Waals surface area contributed by atoms with Gasteiger partial charge >= 0.3 is 8.60 Å². The van der Waals surface area contributed by atoms with Crippen molar-refractivity contribution in [3.05, 3.63) is 0 Å². The van der Waals surface area contributed by atoms with Crippen LogP contribution in [-0.2, 0) is 37.5 Å². The minimum Gasteiger partial charge on any atom is -0.394 e. The average molecular weight is 643 g/mol. The van der Waals surface area contributed by atoms with Gasteiger partial charge in [0.2, 0.25) is 0 Å². The fraction of sp³-hybridized carbons (Fsp3) is 1.00. The molecule has 0 aromatic carbocycles. The van der Waals surface area contributed by atoms with Crippen molar-refractivity contribution in [2.45, 2.75) is 85.8 Å². The fourth-order valence-electron chi connectivity index (χ4n) is 4.16. The first-order chi connectivity index (χ1) is 19.9. The molecule has 0 bridgehead atoms. The first kappa shape index (κ1) is 37.9. The van der Waals surface area contributed by atoms with Crippen molar-refractivity contribution >= 4 is 8.60 Å². The smallest absolute Gasteiger partial charge is 0.330 e. The van der Waals surface area contributed by atoms with E-state index < -0.39 is 134 Å². The summed E-state index contributed by atoms with van der Waals surface area (Å²) in [7, 11) is -0.264. The van der Waals surface area contributed by atoms with Crippen molar-refractivity contribution in [3.63, 3.8) is 0 Å². The lowest BCUT2D eigenvalue weighted by Crippen LogP contribution is -2.44. The molecule has 19 nitrogen and oxygen atoms in total. The molecular weight excluding hydrogens is 599 g/mol. The predicted molar refractivity (Wildman–Crippen MR) is 134 cm³/mol. The van der Waals surface area contributed by atoms with Crippen molar-refractivity contribution in [1.29, 1.82) is 0 Å². The molecule has 2 saturated heterocycles. The van der Waals surface area contributed by atoms with Crippen LogP contribution in [0.3, 0.4) is 0 Å². The zero-order valence-corrected chi connectivity index (χ0v) is 23.9. The molecule has 0 radical (unpaired) electrons. The van der Waals surface area contributed by atoms with Crippen molar-refractivity contribution < 1.29 is 93.4 Å². The Balaban J connectivity index is 1.83. The maximum Gasteiger partial charge on any atom is 0.330 e. The van der Waals surface area contributed by atoms with Gasteiger partial charge in [0.15, 0.2) is 12.6 Å². The largest absolute Gasteiger partial charge is 0.394 e. The summed E-state index contributed by atoms with van der Waals surface area (Å²) < 4.78 is 42.2. The molecule has 0 aromatic heterocycles. The molecule has 20 heteroatoms. The van der Waals surface area contributed by atoms with Gasteiger partial charge in [-0.15, -0.1) is 0 Å². The van der Waals surface area contributed by atoms with E-state index in [9.17, 15) is 50.9 Å². The van der Waals surface area contributed by atoms with Crippen LogP contribution in [0.2, 0.25) is 0 Å². The van der Waals surface area contributed by atoms with Gasteiger partial charge in [-0.2, -0.15) is 0 Å². The number of methoxy groups -OCH3 is 2. The molecule has 2 aliphatic rings. The lowest BCUT2D eigenvalue weighted by atomic mass is 10.1. The second kappa shape index (κ2) is 18.6. The Labute approximate surface area is 242 Å². The minimum atomic E-state index is -2.78. The van der Waals surface area contributed by atoms with Gasteiger partial charge in [-0.3, -0.25) is 0 Å². The van der Waals surface area contributed by atoms with Crippen LogP contribution in [0.4, 0.5) is 0 Å². The van der Waals surface area contributed by atoms with E-state index in [0.29, 0.717) is 0 Å².